The third-order valence-electron chi connectivity index (χ3n) is 6.20. The Hall–Kier alpha value is -4.74. The van der Waals surface area contributed by atoms with Gasteiger partial charge in [-0.25, -0.2) is 14.5 Å². The summed E-state index contributed by atoms with van der Waals surface area (Å²) in [6, 6.07) is 6.36. The van der Waals surface area contributed by atoms with Crippen LogP contribution in [0, 0.1) is 17.1 Å². The molecule has 0 amide bonds. The topological polar surface area (TPSA) is 116 Å². The Morgan fingerprint density at radius 1 is 1.10 bits per heavy atom. The lowest BCUT2D eigenvalue weighted by Crippen LogP contribution is -2.27. The highest BCUT2D eigenvalue weighted by molar-refractivity contribution is 5.86. The molecular weight excluding hydrogens is 561 g/mol. The number of aromatic nitrogens is 4. The van der Waals surface area contributed by atoms with E-state index >= 15 is 0 Å². The molecule has 1 atom stereocenters. The van der Waals surface area contributed by atoms with Gasteiger partial charge in [0.15, 0.2) is 5.69 Å². The van der Waals surface area contributed by atoms with Crippen molar-refractivity contribution < 1.29 is 30.7 Å². The summed E-state index contributed by atoms with van der Waals surface area (Å²) in [7, 11) is 0. The Bertz CT molecular complexity index is 1770. The fourth-order valence-corrected chi connectivity index (χ4v) is 4.29. The molecular formula is C26H19F7N6O2. The van der Waals surface area contributed by atoms with E-state index in [0.29, 0.717) is 6.42 Å². The van der Waals surface area contributed by atoms with Crippen molar-refractivity contribution in [1.29, 1.82) is 5.26 Å². The maximum absolute atomic E-state index is 15.0. The van der Waals surface area contributed by atoms with Crippen LogP contribution in [-0.4, -0.2) is 25.8 Å². The van der Waals surface area contributed by atoms with Crippen LogP contribution in [0.3, 0.4) is 0 Å². The van der Waals surface area contributed by atoms with Crippen LogP contribution in [0.5, 0.6) is 0 Å². The van der Waals surface area contributed by atoms with E-state index in [0.717, 1.165) is 24.4 Å². The average Bonchev–Trinajstić information content (AvgIpc) is 2.88. The first-order valence-electron chi connectivity index (χ1n) is 11.9. The first kappa shape index (κ1) is 29.2. The van der Waals surface area contributed by atoms with Gasteiger partial charge in [0.05, 0.1) is 28.5 Å². The van der Waals surface area contributed by atoms with E-state index in [9.17, 15) is 40.3 Å². The number of benzene rings is 1. The van der Waals surface area contributed by atoms with Crippen molar-refractivity contribution in [3.8, 4) is 17.3 Å². The van der Waals surface area contributed by atoms with Crippen LogP contribution in [-0.2, 0) is 18.9 Å². The molecule has 8 nitrogen and oxygen atoms in total. The summed E-state index contributed by atoms with van der Waals surface area (Å²) in [5.41, 5.74) is -6.70. The normalized spacial score (nSPS) is 12.8. The number of nitriles is 1. The molecule has 2 N–H and O–H groups in total. The number of aromatic amines is 1. The lowest BCUT2D eigenvalue weighted by Gasteiger charge is -2.18. The van der Waals surface area contributed by atoms with Gasteiger partial charge in [-0.1, -0.05) is 0 Å². The standard InChI is InChI=1S/C26H19F7N6O2/c1-13(36-20-12-35-38-23(40)21(20)25(28,29)30)3-2-7-39-8-6-14-9-17(18(27)10-16(14)24(39)41)19-5-4-15(11-34)22(37-19)26(31,32)33/h4-6,8-10,12-13H,2-3,7H2,1H3,(H2,36,38,40)/t13-/m0/s1. The molecule has 3 heterocycles. The monoisotopic (exact) mass is 580 g/mol. The number of aryl methyl sites for hydroxylation is 1. The van der Waals surface area contributed by atoms with Crippen molar-refractivity contribution in [2.24, 2.45) is 0 Å². The Kier molecular flexibility index (Phi) is 7.87. The Labute approximate surface area is 226 Å². The molecule has 3 aromatic heterocycles. The van der Waals surface area contributed by atoms with Crippen molar-refractivity contribution in [2.45, 2.75) is 44.7 Å². The van der Waals surface area contributed by atoms with Gasteiger partial charge in [0.1, 0.15) is 17.4 Å². The summed E-state index contributed by atoms with van der Waals surface area (Å²) < 4.78 is 95.9. The zero-order chi connectivity index (χ0) is 30.1. The first-order valence-corrected chi connectivity index (χ1v) is 11.9. The largest absolute Gasteiger partial charge is 0.434 e. The van der Waals surface area contributed by atoms with Gasteiger partial charge in [-0.2, -0.15) is 36.7 Å². The molecule has 0 aliphatic carbocycles. The summed E-state index contributed by atoms with van der Waals surface area (Å²) in [5.74, 6) is -0.998. The van der Waals surface area contributed by atoms with Crippen molar-refractivity contribution in [3.63, 3.8) is 0 Å². The number of H-pyrrole nitrogens is 1. The molecule has 214 valence electrons. The Balaban J connectivity index is 1.52. The quantitative estimate of drug-likeness (QED) is 0.280. The number of halogens is 7. The van der Waals surface area contributed by atoms with Gasteiger partial charge >= 0.3 is 12.4 Å². The smallest absolute Gasteiger partial charge is 0.381 e. The summed E-state index contributed by atoms with van der Waals surface area (Å²) in [4.78, 5) is 28.0. The number of anilines is 1. The van der Waals surface area contributed by atoms with Crippen LogP contribution in [0.4, 0.5) is 36.4 Å². The van der Waals surface area contributed by atoms with Crippen LogP contribution < -0.4 is 16.4 Å². The Morgan fingerprint density at radius 2 is 1.83 bits per heavy atom. The zero-order valence-electron chi connectivity index (χ0n) is 21.0. The average molecular weight is 580 g/mol. The minimum Gasteiger partial charge on any atom is -0.381 e. The minimum absolute atomic E-state index is 0.0472. The van der Waals surface area contributed by atoms with Crippen molar-refractivity contribution in [3.05, 3.63) is 86.1 Å². The number of fused-ring (bicyclic) bond motifs is 1. The van der Waals surface area contributed by atoms with Crippen LogP contribution >= 0.6 is 0 Å². The van der Waals surface area contributed by atoms with Crippen LogP contribution in [0.25, 0.3) is 22.0 Å². The maximum atomic E-state index is 15.0. The molecule has 1 aromatic carbocycles. The van der Waals surface area contributed by atoms with Crippen molar-refractivity contribution >= 4 is 16.5 Å². The number of rotatable bonds is 7. The number of hydrogen-bond acceptors (Lipinski definition) is 6. The number of alkyl halides is 6. The SMILES string of the molecule is C[C@@H](CCCn1ccc2cc(-c3ccc(C#N)c(C(F)(F)F)n3)c(F)cc2c1=O)Nc1cn[nH]c(=O)c1C(F)(F)F. The molecule has 0 unspecified atom stereocenters. The fraction of sp³-hybridized carbons (Fsp3) is 0.269. The summed E-state index contributed by atoms with van der Waals surface area (Å²) >= 11 is 0. The van der Waals surface area contributed by atoms with Crippen molar-refractivity contribution in [1.82, 2.24) is 19.7 Å². The number of nitrogens with one attached hydrogen (secondary N) is 2. The molecule has 4 aromatic rings. The second kappa shape index (κ2) is 11.0. The molecule has 0 saturated carbocycles. The first-order chi connectivity index (χ1) is 19.2. The van der Waals surface area contributed by atoms with Crippen molar-refractivity contribution in [2.75, 3.05) is 5.32 Å². The van der Waals surface area contributed by atoms with Gasteiger partial charge in [-0.15, -0.1) is 0 Å². The van der Waals surface area contributed by atoms with Gasteiger partial charge in [-0.05, 0) is 55.5 Å². The molecule has 0 spiro atoms. The van der Waals surface area contributed by atoms with E-state index < -0.39 is 57.8 Å². The third-order valence-corrected chi connectivity index (χ3v) is 6.20. The van der Waals surface area contributed by atoms with Gasteiger partial charge in [0.25, 0.3) is 11.1 Å². The predicted molar refractivity (Wildman–Crippen MR) is 133 cm³/mol. The highest BCUT2D eigenvalue weighted by Crippen LogP contribution is 2.34. The van der Waals surface area contributed by atoms with E-state index in [1.54, 1.807) is 12.0 Å². The van der Waals surface area contributed by atoms with E-state index in [4.69, 9.17) is 5.26 Å². The second-order valence-electron chi connectivity index (χ2n) is 9.11. The van der Waals surface area contributed by atoms with Crippen LogP contribution in [0.15, 0.2) is 52.3 Å². The van der Waals surface area contributed by atoms with E-state index in [2.05, 4.69) is 15.4 Å². The highest BCUT2D eigenvalue weighted by Gasteiger charge is 2.38. The fourth-order valence-electron chi connectivity index (χ4n) is 4.29. The third kappa shape index (κ3) is 6.21. The molecule has 0 bridgehead atoms. The molecule has 0 fully saturated rings. The van der Waals surface area contributed by atoms with Crippen LogP contribution in [0.2, 0.25) is 0 Å². The molecule has 0 saturated heterocycles. The molecule has 0 radical (unpaired) electrons. The molecule has 15 heteroatoms. The van der Waals surface area contributed by atoms with Gasteiger partial charge in [-0.3, -0.25) is 9.59 Å². The zero-order valence-corrected chi connectivity index (χ0v) is 21.0. The molecule has 0 aliphatic heterocycles. The lowest BCUT2D eigenvalue weighted by molar-refractivity contribution is -0.141. The summed E-state index contributed by atoms with van der Waals surface area (Å²) in [5, 5.41) is 16.9. The Morgan fingerprint density at radius 3 is 2.49 bits per heavy atom. The highest BCUT2D eigenvalue weighted by atomic mass is 19.4. The summed E-state index contributed by atoms with van der Waals surface area (Å²) in [6.07, 6.45) is -6.98. The van der Waals surface area contributed by atoms with Gasteiger partial charge in [0.2, 0.25) is 0 Å². The lowest BCUT2D eigenvalue weighted by atomic mass is 10.0. The maximum Gasteiger partial charge on any atom is 0.434 e. The van der Waals surface area contributed by atoms with Gasteiger partial charge in [0, 0.05) is 24.3 Å². The summed E-state index contributed by atoms with van der Waals surface area (Å²) in [6.45, 7) is 1.71. The number of hydrogen-bond donors (Lipinski definition) is 2. The second-order valence-corrected chi connectivity index (χ2v) is 9.11. The van der Waals surface area contributed by atoms with E-state index in [-0.39, 0.29) is 35.0 Å². The molecule has 41 heavy (non-hydrogen) atoms. The van der Waals surface area contributed by atoms with Crippen LogP contribution in [0.1, 0.15) is 36.6 Å². The van der Waals surface area contributed by atoms with Gasteiger partial charge < -0.3 is 9.88 Å². The number of nitrogens with zero attached hydrogens (tertiary/aromatic N) is 4. The molecule has 4 rings (SSSR count). The van der Waals surface area contributed by atoms with E-state index in [1.807, 2.05) is 0 Å². The number of pyridine rings is 2. The molecule has 0 aliphatic rings. The minimum atomic E-state index is -4.94. The van der Waals surface area contributed by atoms with E-state index in [1.165, 1.54) is 29.0 Å². The predicted octanol–water partition coefficient (Wildman–Crippen LogP) is 5.48.